The zero-order valence-corrected chi connectivity index (χ0v) is 18.6. The van der Waals surface area contributed by atoms with Gasteiger partial charge < -0.3 is 10.1 Å². The Bertz CT molecular complexity index is 684. The molecule has 2 aromatic rings. The fraction of sp³-hybridized carbons (Fsp3) is 0.538. The van der Waals surface area contributed by atoms with Crippen molar-refractivity contribution in [1.29, 1.82) is 0 Å². The third kappa shape index (κ3) is 7.31. The third-order valence-corrected chi connectivity index (χ3v) is 5.32. The molecule has 0 saturated heterocycles. The lowest BCUT2D eigenvalue weighted by Crippen LogP contribution is -2.19. The van der Waals surface area contributed by atoms with Gasteiger partial charge in [-0.3, -0.25) is 0 Å². The number of hydrogen-bond acceptors (Lipinski definition) is 2. The number of unbranched alkanes of at least 4 members (excludes halogenated alkanes) is 4. The normalized spacial score (nSPS) is 12.8. The van der Waals surface area contributed by atoms with Crippen LogP contribution in [-0.4, -0.2) is 6.61 Å². The highest BCUT2D eigenvalue weighted by molar-refractivity contribution is 5.36. The summed E-state index contributed by atoms with van der Waals surface area (Å²) in [5.74, 6) is 1.01. The topological polar surface area (TPSA) is 21.3 Å². The Morgan fingerprint density at radius 1 is 0.893 bits per heavy atom. The predicted octanol–water partition coefficient (Wildman–Crippen LogP) is 7.18. The molecule has 0 aliphatic rings. The Morgan fingerprint density at radius 2 is 1.57 bits per heavy atom. The van der Waals surface area contributed by atoms with E-state index in [4.69, 9.17) is 4.74 Å². The molecule has 0 aliphatic heterocycles. The van der Waals surface area contributed by atoms with Crippen molar-refractivity contribution in [1.82, 2.24) is 5.32 Å². The zero-order valence-electron chi connectivity index (χ0n) is 18.6. The van der Waals surface area contributed by atoms with Crippen molar-refractivity contribution in [2.75, 3.05) is 6.61 Å². The van der Waals surface area contributed by atoms with Crippen LogP contribution < -0.4 is 10.1 Å². The van der Waals surface area contributed by atoms with Gasteiger partial charge in [-0.1, -0.05) is 95.8 Å². The van der Waals surface area contributed by atoms with Gasteiger partial charge >= 0.3 is 0 Å². The van der Waals surface area contributed by atoms with E-state index >= 15 is 0 Å². The summed E-state index contributed by atoms with van der Waals surface area (Å²) in [5, 5.41) is 3.65. The summed E-state index contributed by atoms with van der Waals surface area (Å²) in [7, 11) is 0. The van der Waals surface area contributed by atoms with Crippen LogP contribution in [0.3, 0.4) is 0 Å². The van der Waals surface area contributed by atoms with Crippen LogP contribution in [0.4, 0.5) is 0 Å². The van der Waals surface area contributed by atoms with Crippen molar-refractivity contribution in [3.63, 3.8) is 0 Å². The van der Waals surface area contributed by atoms with E-state index in [1.807, 2.05) is 0 Å². The van der Waals surface area contributed by atoms with Gasteiger partial charge in [-0.25, -0.2) is 0 Å². The highest BCUT2D eigenvalue weighted by Crippen LogP contribution is 2.26. The Morgan fingerprint density at radius 3 is 2.25 bits per heavy atom. The molecule has 2 rings (SSSR count). The Hall–Kier alpha value is -1.80. The molecule has 0 spiro atoms. The van der Waals surface area contributed by atoms with Crippen molar-refractivity contribution in [3.05, 3.63) is 65.2 Å². The van der Waals surface area contributed by atoms with E-state index in [1.54, 1.807) is 0 Å². The van der Waals surface area contributed by atoms with Crippen LogP contribution in [0.5, 0.6) is 5.75 Å². The lowest BCUT2D eigenvalue weighted by molar-refractivity contribution is 0.298. The molecule has 0 saturated carbocycles. The summed E-state index contributed by atoms with van der Waals surface area (Å²) in [6.45, 7) is 12.9. The molecular formula is C26H39NO. The molecule has 2 heteroatoms. The standard InChI is InChI=1S/C26H39NO/c1-6-7-8-9-12-19-28-25-14-11-10-13-24(25)21(2)27-20-22-15-17-23(18-16-22)26(3,4)5/h10-11,13-18,21,27H,6-9,12,19-20H2,1-5H3. The maximum Gasteiger partial charge on any atom is 0.124 e. The van der Waals surface area contributed by atoms with Crippen LogP contribution in [0, 0.1) is 0 Å². The molecule has 0 fully saturated rings. The fourth-order valence-corrected chi connectivity index (χ4v) is 3.36. The minimum atomic E-state index is 0.200. The lowest BCUT2D eigenvalue weighted by Gasteiger charge is -2.20. The van der Waals surface area contributed by atoms with Gasteiger partial charge in [0.15, 0.2) is 0 Å². The minimum Gasteiger partial charge on any atom is -0.493 e. The molecule has 1 atom stereocenters. The summed E-state index contributed by atoms with van der Waals surface area (Å²) in [5.41, 5.74) is 4.13. The first-order valence-electron chi connectivity index (χ1n) is 11.0. The molecule has 0 bridgehead atoms. The quantitative estimate of drug-likeness (QED) is 0.416. The molecule has 1 unspecified atom stereocenters. The van der Waals surface area contributed by atoms with Crippen LogP contribution in [0.1, 0.15) is 89.5 Å². The number of para-hydroxylation sites is 1. The van der Waals surface area contributed by atoms with Crippen molar-refractivity contribution < 1.29 is 4.74 Å². The molecule has 1 N–H and O–H groups in total. The summed E-state index contributed by atoms with van der Waals surface area (Å²) < 4.78 is 6.10. The molecular weight excluding hydrogens is 342 g/mol. The molecule has 154 valence electrons. The van der Waals surface area contributed by atoms with Crippen LogP contribution >= 0.6 is 0 Å². The van der Waals surface area contributed by atoms with Crippen LogP contribution in [0.2, 0.25) is 0 Å². The van der Waals surface area contributed by atoms with Crippen molar-refractivity contribution in [2.24, 2.45) is 0 Å². The van der Waals surface area contributed by atoms with Crippen LogP contribution in [-0.2, 0) is 12.0 Å². The predicted molar refractivity (Wildman–Crippen MR) is 121 cm³/mol. The second-order valence-electron chi connectivity index (χ2n) is 8.85. The largest absolute Gasteiger partial charge is 0.493 e. The van der Waals surface area contributed by atoms with Crippen molar-refractivity contribution in [3.8, 4) is 5.75 Å². The summed E-state index contributed by atoms with van der Waals surface area (Å²) in [6, 6.07) is 17.6. The van der Waals surface area contributed by atoms with Gasteiger partial charge in [0.1, 0.15) is 5.75 Å². The monoisotopic (exact) mass is 381 g/mol. The second kappa shape index (κ2) is 11.3. The van der Waals surface area contributed by atoms with Crippen molar-refractivity contribution >= 4 is 0 Å². The number of benzene rings is 2. The molecule has 0 radical (unpaired) electrons. The van der Waals surface area contributed by atoms with Crippen molar-refractivity contribution in [2.45, 2.75) is 84.7 Å². The van der Waals surface area contributed by atoms with Gasteiger partial charge in [0, 0.05) is 18.2 Å². The fourth-order valence-electron chi connectivity index (χ4n) is 3.36. The van der Waals surface area contributed by atoms with E-state index in [0.29, 0.717) is 0 Å². The average Bonchev–Trinajstić information content (AvgIpc) is 2.69. The van der Waals surface area contributed by atoms with Gasteiger partial charge in [-0.2, -0.15) is 0 Å². The number of hydrogen-bond donors (Lipinski definition) is 1. The van der Waals surface area contributed by atoms with Gasteiger partial charge in [0.05, 0.1) is 6.61 Å². The second-order valence-corrected chi connectivity index (χ2v) is 8.85. The SMILES string of the molecule is CCCCCCCOc1ccccc1C(C)NCc1ccc(C(C)(C)C)cc1. The van der Waals surface area contributed by atoms with Gasteiger partial charge in [0.25, 0.3) is 0 Å². The Balaban J connectivity index is 1.87. The highest BCUT2D eigenvalue weighted by atomic mass is 16.5. The van der Waals surface area contributed by atoms with E-state index < -0.39 is 0 Å². The van der Waals surface area contributed by atoms with E-state index in [2.05, 4.69) is 88.5 Å². The molecule has 0 heterocycles. The lowest BCUT2D eigenvalue weighted by atomic mass is 9.87. The number of ether oxygens (including phenoxy) is 1. The van der Waals surface area contributed by atoms with E-state index in [9.17, 15) is 0 Å². The first kappa shape index (κ1) is 22.5. The number of nitrogens with one attached hydrogen (secondary N) is 1. The molecule has 0 aromatic heterocycles. The maximum atomic E-state index is 6.10. The van der Waals surface area contributed by atoms with E-state index in [0.717, 1.165) is 25.3 Å². The summed E-state index contributed by atoms with van der Waals surface area (Å²) in [4.78, 5) is 0. The average molecular weight is 382 g/mol. The molecule has 28 heavy (non-hydrogen) atoms. The van der Waals surface area contributed by atoms with E-state index in [-0.39, 0.29) is 11.5 Å². The van der Waals surface area contributed by atoms with Gasteiger partial charge in [-0.05, 0) is 36.0 Å². The van der Waals surface area contributed by atoms with Crippen LogP contribution in [0.15, 0.2) is 48.5 Å². The van der Waals surface area contributed by atoms with E-state index in [1.165, 1.54) is 42.4 Å². The maximum absolute atomic E-state index is 6.10. The Kier molecular flexibility index (Phi) is 9.05. The Labute approximate surface area is 172 Å². The smallest absolute Gasteiger partial charge is 0.124 e. The summed E-state index contributed by atoms with van der Waals surface area (Å²) >= 11 is 0. The van der Waals surface area contributed by atoms with Gasteiger partial charge in [-0.15, -0.1) is 0 Å². The highest BCUT2D eigenvalue weighted by Gasteiger charge is 2.14. The van der Waals surface area contributed by atoms with Gasteiger partial charge in [0.2, 0.25) is 0 Å². The molecule has 2 nitrogen and oxygen atoms in total. The molecule has 2 aromatic carbocycles. The molecule has 0 amide bonds. The number of rotatable bonds is 11. The molecule has 0 aliphatic carbocycles. The first-order valence-corrected chi connectivity index (χ1v) is 11.0. The van der Waals surface area contributed by atoms with Crippen LogP contribution in [0.25, 0.3) is 0 Å². The third-order valence-electron chi connectivity index (χ3n) is 5.32. The summed E-state index contributed by atoms with van der Waals surface area (Å²) in [6.07, 6.45) is 6.32. The zero-order chi connectivity index (χ0) is 20.4. The minimum absolute atomic E-state index is 0.200. The first-order chi connectivity index (χ1) is 13.4.